The highest BCUT2D eigenvalue weighted by Crippen LogP contribution is 2.24. The third kappa shape index (κ3) is 8.69. The number of rotatable bonds is 13. The minimum Gasteiger partial charge on any atom is -0.494 e. The smallest absolute Gasteiger partial charge is 0.270 e. The van der Waals surface area contributed by atoms with E-state index in [0.29, 0.717) is 5.56 Å². The van der Waals surface area contributed by atoms with Crippen LogP contribution in [0.25, 0.3) is 17.2 Å². The molecule has 0 saturated carbocycles. The van der Waals surface area contributed by atoms with E-state index in [1.807, 2.05) is 36.4 Å². The van der Waals surface area contributed by atoms with Crippen LogP contribution in [-0.4, -0.2) is 6.61 Å². The molecule has 0 heterocycles. The van der Waals surface area contributed by atoms with Gasteiger partial charge in [-0.05, 0) is 35.2 Å². The maximum atomic E-state index is 12.3. The number of unbranched alkanes of at least 4 members (excludes halogenated alkanes) is 8. The minimum atomic E-state index is -1.68. The maximum absolute atomic E-state index is 12.3. The van der Waals surface area contributed by atoms with Crippen LogP contribution in [0.15, 0.2) is 54.6 Å². The number of ether oxygens (including phenoxy) is 1. The van der Waals surface area contributed by atoms with Crippen molar-refractivity contribution in [3.63, 3.8) is 0 Å². The van der Waals surface area contributed by atoms with Gasteiger partial charge in [0, 0.05) is 6.08 Å². The van der Waals surface area contributed by atoms with Crippen LogP contribution in [0.3, 0.4) is 0 Å². The largest absolute Gasteiger partial charge is 0.494 e. The van der Waals surface area contributed by atoms with E-state index in [0.717, 1.165) is 36.0 Å². The lowest BCUT2D eigenvalue weighted by Crippen LogP contribution is -1.97. The Kier molecular flexibility index (Phi) is 10.3. The van der Waals surface area contributed by atoms with Crippen molar-refractivity contribution >= 4 is 6.08 Å². The van der Waals surface area contributed by atoms with Gasteiger partial charge < -0.3 is 4.74 Å². The fourth-order valence-electron chi connectivity index (χ4n) is 3.24. The van der Waals surface area contributed by atoms with Crippen molar-refractivity contribution in [2.75, 3.05) is 6.61 Å². The Balaban J connectivity index is 1.65. The quantitative estimate of drug-likeness (QED) is 0.314. The molecule has 0 saturated heterocycles. The summed E-state index contributed by atoms with van der Waals surface area (Å²) in [6.07, 6.45) is 10.9. The molecule has 0 fully saturated rings. The second-order valence-electron chi connectivity index (χ2n) is 7.26. The fourth-order valence-corrected chi connectivity index (χ4v) is 3.24. The van der Waals surface area contributed by atoms with Gasteiger partial charge in [-0.2, -0.15) is 8.78 Å². The van der Waals surface area contributed by atoms with Gasteiger partial charge in [0.15, 0.2) is 0 Å². The molecule has 2 rings (SSSR count). The lowest BCUT2D eigenvalue weighted by molar-refractivity contribution is 0.304. The van der Waals surface area contributed by atoms with Crippen LogP contribution >= 0.6 is 0 Å². The molecule has 0 aliphatic carbocycles. The molecule has 0 atom stereocenters. The SMILES string of the molecule is CCCCCCCCCCCOc1ccc(-c2ccc(C=C(F)F)cc2)cc1. The summed E-state index contributed by atoms with van der Waals surface area (Å²) in [5, 5.41) is 0. The molecule has 0 radical (unpaired) electrons. The van der Waals surface area contributed by atoms with E-state index in [4.69, 9.17) is 4.74 Å². The topological polar surface area (TPSA) is 9.23 Å². The van der Waals surface area contributed by atoms with Crippen molar-refractivity contribution < 1.29 is 13.5 Å². The van der Waals surface area contributed by atoms with Crippen LogP contribution in [0.4, 0.5) is 8.78 Å². The van der Waals surface area contributed by atoms with Gasteiger partial charge >= 0.3 is 0 Å². The lowest BCUT2D eigenvalue weighted by atomic mass is 10.0. The third-order valence-corrected chi connectivity index (χ3v) is 4.89. The maximum Gasteiger partial charge on any atom is 0.270 e. The molecule has 0 aliphatic heterocycles. The molecular formula is C25H32F2O. The normalized spacial score (nSPS) is 10.7. The van der Waals surface area contributed by atoms with Crippen molar-refractivity contribution in [2.24, 2.45) is 0 Å². The van der Waals surface area contributed by atoms with Crippen molar-refractivity contribution in [3.8, 4) is 16.9 Å². The highest BCUT2D eigenvalue weighted by molar-refractivity contribution is 5.66. The van der Waals surface area contributed by atoms with E-state index in [1.165, 1.54) is 51.4 Å². The van der Waals surface area contributed by atoms with Gasteiger partial charge in [0.05, 0.1) is 6.61 Å². The van der Waals surface area contributed by atoms with E-state index in [2.05, 4.69) is 6.92 Å². The Morgan fingerprint density at radius 1 is 0.714 bits per heavy atom. The first-order valence-corrected chi connectivity index (χ1v) is 10.5. The van der Waals surface area contributed by atoms with Gasteiger partial charge in [-0.3, -0.25) is 0 Å². The number of hydrogen-bond donors (Lipinski definition) is 0. The lowest BCUT2D eigenvalue weighted by Gasteiger charge is -2.08. The predicted octanol–water partition coefficient (Wildman–Crippen LogP) is 8.50. The van der Waals surface area contributed by atoms with Crippen LogP contribution in [0.1, 0.15) is 70.3 Å². The molecule has 1 nitrogen and oxygen atoms in total. The van der Waals surface area contributed by atoms with Gasteiger partial charge in [0.25, 0.3) is 6.08 Å². The average Bonchev–Trinajstić information content (AvgIpc) is 2.70. The van der Waals surface area contributed by atoms with Crippen LogP contribution in [-0.2, 0) is 0 Å². The molecule has 0 unspecified atom stereocenters. The average molecular weight is 387 g/mol. The monoisotopic (exact) mass is 386 g/mol. The highest BCUT2D eigenvalue weighted by atomic mass is 19.3. The number of halogens is 2. The Hall–Kier alpha value is -2.16. The second-order valence-corrected chi connectivity index (χ2v) is 7.26. The molecule has 152 valence electrons. The molecular weight excluding hydrogens is 354 g/mol. The number of hydrogen-bond acceptors (Lipinski definition) is 1. The summed E-state index contributed by atoms with van der Waals surface area (Å²) in [6, 6.07) is 15.1. The molecule has 0 aromatic heterocycles. The molecule has 28 heavy (non-hydrogen) atoms. The third-order valence-electron chi connectivity index (χ3n) is 4.89. The van der Waals surface area contributed by atoms with E-state index in [-0.39, 0.29) is 0 Å². The molecule has 3 heteroatoms. The van der Waals surface area contributed by atoms with Gasteiger partial charge in [0.2, 0.25) is 0 Å². The van der Waals surface area contributed by atoms with Gasteiger partial charge in [-0.15, -0.1) is 0 Å². The minimum absolute atomic E-state index is 0.504. The summed E-state index contributed by atoms with van der Waals surface area (Å²) < 4.78 is 30.4. The molecule has 0 amide bonds. The van der Waals surface area contributed by atoms with Crippen LogP contribution in [0.5, 0.6) is 5.75 Å². The molecule has 0 bridgehead atoms. The first kappa shape index (κ1) is 22.1. The van der Waals surface area contributed by atoms with Crippen LogP contribution in [0.2, 0.25) is 0 Å². The molecule has 2 aromatic carbocycles. The van der Waals surface area contributed by atoms with E-state index < -0.39 is 6.08 Å². The van der Waals surface area contributed by atoms with E-state index in [1.54, 1.807) is 12.1 Å². The van der Waals surface area contributed by atoms with Gasteiger partial charge in [-0.25, -0.2) is 0 Å². The molecule has 0 N–H and O–H groups in total. The van der Waals surface area contributed by atoms with Crippen molar-refractivity contribution in [2.45, 2.75) is 64.7 Å². The van der Waals surface area contributed by atoms with Crippen LogP contribution < -0.4 is 4.74 Å². The Morgan fingerprint density at radius 3 is 1.75 bits per heavy atom. The first-order valence-electron chi connectivity index (χ1n) is 10.5. The molecule has 2 aromatic rings. The summed E-state index contributed by atoms with van der Waals surface area (Å²) in [7, 11) is 0. The number of benzene rings is 2. The van der Waals surface area contributed by atoms with Gasteiger partial charge in [0.1, 0.15) is 5.75 Å². The zero-order chi connectivity index (χ0) is 20.0. The summed E-state index contributed by atoms with van der Waals surface area (Å²) in [6.45, 7) is 3.01. The van der Waals surface area contributed by atoms with E-state index in [9.17, 15) is 8.78 Å². The zero-order valence-corrected chi connectivity index (χ0v) is 16.9. The van der Waals surface area contributed by atoms with Crippen molar-refractivity contribution in [1.82, 2.24) is 0 Å². The molecule has 0 spiro atoms. The Morgan fingerprint density at radius 2 is 1.21 bits per heavy atom. The van der Waals surface area contributed by atoms with Gasteiger partial charge in [-0.1, -0.05) is 94.7 Å². The fraction of sp³-hybridized carbons (Fsp3) is 0.440. The second kappa shape index (κ2) is 13.1. The van der Waals surface area contributed by atoms with Crippen molar-refractivity contribution in [3.05, 3.63) is 60.2 Å². The highest BCUT2D eigenvalue weighted by Gasteiger charge is 2.00. The summed E-state index contributed by atoms with van der Waals surface area (Å²) >= 11 is 0. The molecule has 0 aliphatic rings. The summed E-state index contributed by atoms with van der Waals surface area (Å²) in [5.74, 6) is 0.877. The Labute approximate surface area is 168 Å². The van der Waals surface area contributed by atoms with E-state index >= 15 is 0 Å². The zero-order valence-electron chi connectivity index (χ0n) is 16.9. The summed E-state index contributed by atoms with van der Waals surface area (Å²) in [4.78, 5) is 0. The predicted molar refractivity (Wildman–Crippen MR) is 115 cm³/mol. The Bertz CT molecular complexity index is 685. The summed E-state index contributed by atoms with van der Waals surface area (Å²) in [5.41, 5.74) is 2.55. The van der Waals surface area contributed by atoms with Crippen LogP contribution in [0, 0.1) is 0 Å². The standard InChI is InChI=1S/C25H32F2O/c1-2-3-4-5-6-7-8-9-10-19-28-24-17-15-23(16-18-24)22-13-11-21(12-14-22)20-25(26)27/h11-18,20H,2-10,19H2,1H3. The van der Waals surface area contributed by atoms with Crippen molar-refractivity contribution in [1.29, 1.82) is 0 Å². The first-order chi connectivity index (χ1) is 13.7.